The number of hydrogen-bond donors (Lipinski definition) is 4. The number of likely N-dealkylation sites (N-methyl/N-ethyl adjacent to an activating group) is 1. The van der Waals surface area contributed by atoms with Gasteiger partial charge in [0.1, 0.15) is 11.9 Å². The van der Waals surface area contributed by atoms with Crippen molar-refractivity contribution < 1.29 is 19.7 Å². The zero-order chi connectivity index (χ0) is 13.7. The van der Waals surface area contributed by atoms with E-state index >= 15 is 0 Å². The molecule has 0 aliphatic heterocycles. The molecule has 1 heterocycles. The van der Waals surface area contributed by atoms with Crippen LogP contribution >= 0.6 is 0 Å². The van der Waals surface area contributed by atoms with Gasteiger partial charge in [0.25, 0.3) is 0 Å². The lowest BCUT2D eigenvalue weighted by Gasteiger charge is -2.19. The van der Waals surface area contributed by atoms with E-state index < -0.39 is 18.2 Å². The van der Waals surface area contributed by atoms with E-state index in [-0.39, 0.29) is 23.5 Å². The highest BCUT2D eigenvalue weighted by atomic mass is 16.5. The van der Waals surface area contributed by atoms with Crippen molar-refractivity contribution in [2.45, 2.75) is 12.2 Å². The van der Waals surface area contributed by atoms with Gasteiger partial charge in [0.15, 0.2) is 0 Å². The number of carbonyl (C=O) groups excluding carboxylic acids is 1. The molecule has 100 valence electrons. The van der Waals surface area contributed by atoms with Crippen LogP contribution in [0, 0.1) is 0 Å². The Morgan fingerprint density at radius 1 is 1.61 bits per heavy atom. The second kappa shape index (κ2) is 6.29. The Balaban J connectivity index is 3.03. The summed E-state index contributed by atoms with van der Waals surface area (Å²) in [6.07, 6.45) is -1.02. The molecule has 0 bridgehead atoms. The quantitative estimate of drug-likeness (QED) is 0.502. The van der Waals surface area contributed by atoms with Crippen molar-refractivity contribution in [1.82, 2.24) is 10.3 Å². The van der Waals surface area contributed by atoms with Gasteiger partial charge in [-0.2, -0.15) is 0 Å². The Bertz CT molecular complexity index is 425. The predicted octanol–water partition coefficient (Wildman–Crippen LogP) is -0.936. The Labute approximate surface area is 105 Å². The zero-order valence-corrected chi connectivity index (χ0v) is 10.3. The molecule has 0 aliphatic carbocycles. The third kappa shape index (κ3) is 3.16. The van der Waals surface area contributed by atoms with Crippen LogP contribution in [0.5, 0.6) is 0 Å². The van der Waals surface area contributed by atoms with Gasteiger partial charge >= 0.3 is 5.97 Å². The molecule has 0 amide bonds. The number of esters is 1. The van der Waals surface area contributed by atoms with Gasteiger partial charge in [0.2, 0.25) is 0 Å². The monoisotopic (exact) mass is 255 g/mol. The maximum Gasteiger partial charge on any atom is 0.339 e. The van der Waals surface area contributed by atoms with Crippen molar-refractivity contribution in [3.63, 3.8) is 0 Å². The number of anilines is 1. The van der Waals surface area contributed by atoms with Crippen molar-refractivity contribution in [2.75, 3.05) is 26.4 Å². The number of methoxy groups -OCH3 is 1. The Morgan fingerprint density at radius 3 is 2.83 bits per heavy atom. The minimum atomic E-state index is -1.23. The van der Waals surface area contributed by atoms with Crippen molar-refractivity contribution in [2.24, 2.45) is 0 Å². The molecule has 7 heteroatoms. The lowest BCUT2D eigenvalue weighted by atomic mass is 10.0. The summed E-state index contributed by atoms with van der Waals surface area (Å²) in [4.78, 5) is 15.1. The highest BCUT2D eigenvalue weighted by Gasteiger charge is 2.22. The number of ether oxygens (including phenoxy) is 1. The second-order valence-corrected chi connectivity index (χ2v) is 3.76. The Hall–Kier alpha value is -1.70. The highest BCUT2D eigenvalue weighted by Crippen LogP contribution is 2.22. The summed E-state index contributed by atoms with van der Waals surface area (Å²) >= 11 is 0. The van der Waals surface area contributed by atoms with Gasteiger partial charge in [0, 0.05) is 18.3 Å². The van der Waals surface area contributed by atoms with Crippen LogP contribution < -0.4 is 11.1 Å². The molecule has 0 saturated carbocycles. The first-order chi connectivity index (χ1) is 8.51. The van der Waals surface area contributed by atoms with Crippen LogP contribution in [0.1, 0.15) is 22.0 Å². The van der Waals surface area contributed by atoms with Crippen LogP contribution in [0.2, 0.25) is 0 Å². The molecule has 0 spiro atoms. The van der Waals surface area contributed by atoms with Gasteiger partial charge in [-0.3, -0.25) is 0 Å². The second-order valence-electron chi connectivity index (χ2n) is 3.76. The lowest BCUT2D eigenvalue weighted by molar-refractivity contribution is 0.0204. The smallest absolute Gasteiger partial charge is 0.339 e. The SMILES string of the molecule is CNCC(O)C(O)c1cc(C(=O)OC)cnc1N. The summed E-state index contributed by atoms with van der Waals surface area (Å²) in [7, 11) is 2.88. The van der Waals surface area contributed by atoms with E-state index in [4.69, 9.17) is 5.73 Å². The first kappa shape index (κ1) is 14.4. The number of aliphatic hydroxyl groups excluding tert-OH is 2. The van der Waals surface area contributed by atoms with Gasteiger partial charge in [-0.1, -0.05) is 0 Å². The summed E-state index contributed by atoms with van der Waals surface area (Å²) in [6.45, 7) is 0.184. The average molecular weight is 255 g/mol. The van der Waals surface area contributed by atoms with Gasteiger partial charge in [-0.25, -0.2) is 9.78 Å². The lowest BCUT2D eigenvalue weighted by Crippen LogP contribution is -2.30. The molecule has 1 aromatic heterocycles. The molecule has 18 heavy (non-hydrogen) atoms. The molecule has 7 nitrogen and oxygen atoms in total. The number of aliphatic hydroxyl groups is 2. The number of nitrogen functional groups attached to an aromatic ring is 1. The number of nitrogens with zero attached hydrogens (tertiary/aromatic N) is 1. The van der Waals surface area contributed by atoms with E-state index in [1.807, 2.05) is 0 Å². The van der Waals surface area contributed by atoms with Crippen LogP contribution in [0.25, 0.3) is 0 Å². The van der Waals surface area contributed by atoms with Gasteiger partial charge in [-0.05, 0) is 13.1 Å². The molecule has 0 fully saturated rings. The number of nitrogens with two attached hydrogens (primary N) is 1. The van der Waals surface area contributed by atoms with E-state index in [1.165, 1.54) is 19.4 Å². The summed E-state index contributed by atoms with van der Waals surface area (Å²) in [6, 6.07) is 1.36. The van der Waals surface area contributed by atoms with Gasteiger partial charge in [0.05, 0.1) is 18.8 Å². The van der Waals surface area contributed by atoms with Crippen LogP contribution in [0.4, 0.5) is 5.82 Å². The summed E-state index contributed by atoms with van der Waals surface area (Å²) in [5, 5.41) is 22.3. The molecule has 2 atom stereocenters. The molecular weight excluding hydrogens is 238 g/mol. The summed E-state index contributed by atoms with van der Waals surface area (Å²) in [5.41, 5.74) is 5.97. The molecule has 0 radical (unpaired) electrons. The van der Waals surface area contributed by atoms with E-state index in [9.17, 15) is 15.0 Å². The minimum Gasteiger partial charge on any atom is -0.465 e. The third-order valence-corrected chi connectivity index (χ3v) is 2.47. The number of pyridine rings is 1. The van der Waals surface area contributed by atoms with E-state index in [0.29, 0.717) is 0 Å². The van der Waals surface area contributed by atoms with E-state index in [1.54, 1.807) is 7.05 Å². The number of carbonyl (C=O) groups is 1. The van der Waals surface area contributed by atoms with Crippen LogP contribution in [-0.2, 0) is 4.74 Å². The maximum atomic E-state index is 11.3. The van der Waals surface area contributed by atoms with Crippen molar-refractivity contribution in [3.05, 3.63) is 23.4 Å². The van der Waals surface area contributed by atoms with E-state index in [2.05, 4.69) is 15.0 Å². The number of nitrogens with one attached hydrogen (secondary N) is 1. The van der Waals surface area contributed by atoms with Crippen molar-refractivity contribution in [3.8, 4) is 0 Å². The number of rotatable bonds is 5. The largest absolute Gasteiger partial charge is 0.465 e. The van der Waals surface area contributed by atoms with Gasteiger partial charge < -0.3 is 26.0 Å². The standard InChI is InChI=1S/C11H17N3O4/c1-13-5-8(15)9(16)7-3-6(11(17)18-2)4-14-10(7)12/h3-4,8-9,13,15-16H,5H2,1-2H3,(H2,12,14). The average Bonchev–Trinajstić information content (AvgIpc) is 2.37. The molecule has 5 N–H and O–H groups in total. The van der Waals surface area contributed by atoms with Crippen LogP contribution in [-0.4, -0.2) is 48.0 Å². The van der Waals surface area contributed by atoms with Gasteiger partial charge in [-0.15, -0.1) is 0 Å². The van der Waals surface area contributed by atoms with Crippen molar-refractivity contribution in [1.29, 1.82) is 0 Å². The minimum absolute atomic E-state index is 0.0605. The maximum absolute atomic E-state index is 11.3. The Kier molecular flexibility index (Phi) is 5.02. The number of hydrogen-bond acceptors (Lipinski definition) is 7. The first-order valence-electron chi connectivity index (χ1n) is 5.35. The molecule has 0 saturated heterocycles. The third-order valence-electron chi connectivity index (χ3n) is 2.47. The molecule has 0 aromatic carbocycles. The van der Waals surface area contributed by atoms with Crippen LogP contribution in [0.3, 0.4) is 0 Å². The predicted molar refractivity (Wildman–Crippen MR) is 64.9 cm³/mol. The fourth-order valence-corrected chi connectivity index (χ4v) is 1.49. The summed E-state index contributed by atoms with van der Waals surface area (Å²) in [5.74, 6) is -0.524. The molecular formula is C11H17N3O4. The molecule has 1 aromatic rings. The molecule has 2 unspecified atom stereocenters. The van der Waals surface area contributed by atoms with Crippen molar-refractivity contribution >= 4 is 11.8 Å². The first-order valence-corrected chi connectivity index (χ1v) is 5.35. The normalized spacial score (nSPS) is 14.0. The number of aromatic nitrogens is 1. The highest BCUT2D eigenvalue weighted by molar-refractivity contribution is 5.89. The summed E-state index contributed by atoms with van der Waals surface area (Å²) < 4.78 is 4.54. The topological polar surface area (TPSA) is 118 Å². The fraction of sp³-hybridized carbons (Fsp3) is 0.455. The van der Waals surface area contributed by atoms with E-state index in [0.717, 1.165) is 0 Å². The molecule has 1 rings (SSSR count). The van der Waals surface area contributed by atoms with Crippen LogP contribution in [0.15, 0.2) is 12.3 Å². The zero-order valence-electron chi connectivity index (χ0n) is 10.3. The fourth-order valence-electron chi connectivity index (χ4n) is 1.49. The Morgan fingerprint density at radius 2 is 2.28 bits per heavy atom. The molecule has 0 aliphatic rings.